The van der Waals surface area contributed by atoms with Crippen molar-refractivity contribution in [2.24, 2.45) is 0 Å². The second-order valence-electron chi connectivity index (χ2n) is 2.78. The lowest BCUT2D eigenvalue weighted by Gasteiger charge is -1.89. The van der Waals surface area contributed by atoms with Gasteiger partial charge in [0.15, 0.2) is 0 Å². The van der Waals surface area contributed by atoms with Gasteiger partial charge < -0.3 is 0 Å². The van der Waals surface area contributed by atoms with Crippen molar-refractivity contribution in [2.45, 2.75) is 0 Å². The van der Waals surface area contributed by atoms with E-state index in [1.54, 1.807) is 6.07 Å². The van der Waals surface area contributed by atoms with Crippen LogP contribution in [0, 0.1) is 11.3 Å². The number of rotatable bonds is 0. The molecule has 0 spiro atoms. The molecular formula is C11H6ClN. The fourth-order valence-corrected chi connectivity index (χ4v) is 1.45. The highest BCUT2D eigenvalue weighted by atomic mass is 35.5. The predicted octanol–water partition coefficient (Wildman–Crippen LogP) is 3.32. The molecule has 2 heteroatoms. The number of nitrogens with zero attached hydrogens (tertiary/aromatic N) is 1. The van der Waals surface area contributed by atoms with E-state index in [9.17, 15) is 0 Å². The van der Waals surface area contributed by atoms with Crippen molar-refractivity contribution in [3.05, 3.63) is 47.0 Å². The zero-order chi connectivity index (χ0) is 9.26. The molecule has 0 atom stereocenters. The minimum Gasteiger partial charge on any atom is -0.192 e. The Kier molecular flexibility index (Phi) is 1.92. The molecule has 13 heavy (non-hydrogen) atoms. The van der Waals surface area contributed by atoms with Gasteiger partial charge >= 0.3 is 0 Å². The first kappa shape index (κ1) is 8.10. The second kappa shape index (κ2) is 3.08. The average Bonchev–Trinajstić information content (AvgIpc) is 2.45. The molecule has 2 rings (SSSR count). The van der Waals surface area contributed by atoms with Crippen LogP contribution < -0.4 is 0 Å². The van der Waals surface area contributed by atoms with E-state index in [4.69, 9.17) is 16.9 Å². The fourth-order valence-electron chi connectivity index (χ4n) is 1.32. The van der Waals surface area contributed by atoms with Gasteiger partial charge in [-0.15, -0.1) is 0 Å². The second-order valence-corrected chi connectivity index (χ2v) is 3.22. The van der Waals surface area contributed by atoms with Gasteiger partial charge in [-0.2, -0.15) is 5.26 Å². The summed E-state index contributed by atoms with van der Waals surface area (Å²) >= 11 is 5.82. The van der Waals surface area contributed by atoms with Gasteiger partial charge in [-0.3, -0.25) is 0 Å². The summed E-state index contributed by atoms with van der Waals surface area (Å²) in [5, 5.41) is 9.47. The smallest absolute Gasteiger partial charge is 0.0998 e. The minimum absolute atomic E-state index is 0.681. The summed E-state index contributed by atoms with van der Waals surface area (Å²) in [7, 11) is 0. The highest BCUT2D eigenvalue weighted by molar-refractivity contribution is 6.30. The lowest BCUT2D eigenvalue weighted by atomic mass is 10.1. The number of hydrogen-bond acceptors (Lipinski definition) is 1. The molecule has 0 saturated heterocycles. The first-order valence-electron chi connectivity index (χ1n) is 3.89. The summed E-state index contributed by atoms with van der Waals surface area (Å²) in [5.41, 5.74) is 2.69. The Morgan fingerprint density at radius 1 is 1.00 bits per heavy atom. The predicted molar refractivity (Wildman–Crippen MR) is 52.8 cm³/mol. The average molecular weight is 188 g/mol. The molecule has 0 bridgehead atoms. The lowest BCUT2D eigenvalue weighted by Crippen LogP contribution is -1.69. The summed E-state index contributed by atoms with van der Waals surface area (Å²) < 4.78 is 0. The third-order valence-corrected chi connectivity index (χ3v) is 2.23. The molecule has 1 nitrogen and oxygen atoms in total. The van der Waals surface area contributed by atoms with Crippen molar-refractivity contribution in [3.8, 4) is 17.2 Å². The van der Waals surface area contributed by atoms with Gasteiger partial charge in [0.2, 0.25) is 0 Å². The van der Waals surface area contributed by atoms with E-state index in [0.29, 0.717) is 10.6 Å². The van der Waals surface area contributed by atoms with E-state index in [2.05, 4.69) is 6.07 Å². The summed E-state index contributed by atoms with van der Waals surface area (Å²) in [6.45, 7) is 0. The number of fused-ring (bicyclic) bond motifs is 1. The molecule has 0 aromatic rings. The van der Waals surface area contributed by atoms with E-state index in [0.717, 1.165) is 11.1 Å². The van der Waals surface area contributed by atoms with Crippen molar-refractivity contribution in [1.82, 2.24) is 0 Å². The topological polar surface area (TPSA) is 23.8 Å². The van der Waals surface area contributed by atoms with Crippen LogP contribution in [0.15, 0.2) is 36.4 Å². The molecule has 0 unspecified atom stereocenters. The van der Waals surface area contributed by atoms with Crippen molar-refractivity contribution in [2.75, 3.05) is 0 Å². The molecule has 0 amide bonds. The molecule has 0 heterocycles. The van der Waals surface area contributed by atoms with Crippen LogP contribution in [-0.2, 0) is 0 Å². The van der Waals surface area contributed by atoms with Crippen LogP contribution in [0.5, 0.6) is 0 Å². The van der Waals surface area contributed by atoms with E-state index < -0.39 is 0 Å². The van der Waals surface area contributed by atoms with Gasteiger partial charge in [-0.05, 0) is 29.3 Å². The summed E-state index contributed by atoms with van der Waals surface area (Å²) in [6.07, 6.45) is 0. The van der Waals surface area contributed by atoms with Crippen LogP contribution in [0.2, 0.25) is 5.02 Å². The maximum absolute atomic E-state index is 8.79. The van der Waals surface area contributed by atoms with E-state index >= 15 is 0 Å². The molecule has 62 valence electrons. The zero-order valence-electron chi connectivity index (χ0n) is 6.79. The van der Waals surface area contributed by atoms with E-state index in [1.165, 1.54) is 0 Å². The Labute approximate surface area is 81.5 Å². The Hall–Kier alpha value is -1.52. The van der Waals surface area contributed by atoms with Crippen LogP contribution in [-0.4, -0.2) is 0 Å². The quantitative estimate of drug-likeness (QED) is 0.621. The SMILES string of the molecule is N#Cc1ccc2ccc(Cl)ccc1-2. The van der Waals surface area contributed by atoms with Gasteiger partial charge in [0.25, 0.3) is 0 Å². The summed E-state index contributed by atoms with van der Waals surface area (Å²) in [5.74, 6) is 0. The third kappa shape index (κ3) is 1.37. The minimum atomic E-state index is 0.681. The highest BCUT2D eigenvalue weighted by Gasteiger charge is 2.06. The first-order valence-corrected chi connectivity index (χ1v) is 4.27. The van der Waals surface area contributed by atoms with Gasteiger partial charge in [-0.25, -0.2) is 0 Å². The monoisotopic (exact) mass is 187 g/mol. The van der Waals surface area contributed by atoms with Crippen LogP contribution >= 0.6 is 11.6 Å². The van der Waals surface area contributed by atoms with Crippen LogP contribution in [0.3, 0.4) is 0 Å². The Morgan fingerprint density at radius 3 is 2.46 bits per heavy atom. The van der Waals surface area contributed by atoms with E-state index in [-0.39, 0.29) is 0 Å². The van der Waals surface area contributed by atoms with Gasteiger partial charge in [0, 0.05) is 5.02 Å². The first-order chi connectivity index (χ1) is 6.31. The zero-order valence-corrected chi connectivity index (χ0v) is 7.55. The van der Waals surface area contributed by atoms with Crippen molar-refractivity contribution in [1.29, 1.82) is 5.26 Å². The largest absolute Gasteiger partial charge is 0.192 e. The highest BCUT2D eigenvalue weighted by Crippen LogP contribution is 2.27. The Balaban J connectivity index is 2.73. The number of hydrogen-bond donors (Lipinski definition) is 0. The summed E-state index contributed by atoms with van der Waals surface area (Å²) in [4.78, 5) is 0. The molecule has 0 N–H and O–H groups in total. The number of nitriles is 1. The van der Waals surface area contributed by atoms with Crippen molar-refractivity contribution < 1.29 is 0 Å². The maximum atomic E-state index is 8.79. The van der Waals surface area contributed by atoms with Crippen LogP contribution in [0.1, 0.15) is 5.56 Å². The lowest BCUT2D eigenvalue weighted by molar-refractivity contribution is 1.51. The molecule has 0 aliphatic heterocycles. The normalized spacial score (nSPS) is 9.85. The molecule has 0 fully saturated rings. The molecule has 2 aliphatic rings. The Bertz CT molecular complexity index is 456. The van der Waals surface area contributed by atoms with Crippen LogP contribution in [0.4, 0.5) is 0 Å². The fraction of sp³-hybridized carbons (Fsp3) is 0. The van der Waals surface area contributed by atoms with Gasteiger partial charge in [0.1, 0.15) is 0 Å². The molecular weight excluding hydrogens is 182 g/mol. The van der Waals surface area contributed by atoms with Crippen molar-refractivity contribution in [3.63, 3.8) is 0 Å². The summed E-state index contributed by atoms with van der Waals surface area (Å²) in [6, 6.07) is 13.3. The van der Waals surface area contributed by atoms with Gasteiger partial charge in [0.05, 0.1) is 11.6 Å². The molecule has 0 radical (unpaired) electrons. The molecule has 0 aromatic heterocycles. The molecule has 0 saturated carbocycles. The standard InChI is InChI=1S/C11H6ClN/c12-10-4-3-8-1-2-9(7-13)11(8)6-5-10/h1-6H. The number of halogens is 1. The van der Waals surface area contributed by atoms with Gasteiger partial charge in [-0.1, -0.05) is 29.8 Å². The maximum Gasteiger partial charge on any atom is 0.0998 e. The van der Waals surface area contributed by atoms with Crippen molar-refractivity contribution >= 4 is 11.6 Å². The third-order valence-electron chi connectivity index (χ3n) is 1.98. The van der Waals surface area contributed by atoms with E-state index in [1.807, 2.05) is 30.3 Å². The van der Waals surface area contributed by atoms with Crippen LogP contribution in [0.25, 0.3) is 11.1 Å². The molecule has 2 aliphatic carbocycles. The molecule has 0 aromatic carbocycles. The Morgan fingerprint density at radius 2 is 1.69 bits per heavy atom.